The smallest absolute Gasteiger partial charge is 0.412 e. The van der Waals surface area contributed by atoms with E-state index >= 15 is 0 Å². The number of rotatable bonds is 5. The Morgan fingerprint density at radius 2 is 2.14 bits per heavy atom. The van der Waals surface area contributed by atoms with Crippen molar-refractivity contribution in [1.29, 1.82) is 0 Å². The SMILES string of the molecule is CC(C)(C)OC(=O)Nc1ccc(Br)cc1C=NN=C1NC(=O)C(CC(=O)O)S1. The van der Waals surface area contributed by atoms with E-state index in [0.717, 1.165) is 16.2 Å². The van der Waals surface area contributed by atoms with Gasteiger partial charge in [0.25, 0.3) is 0 Å². The number of hydrogen-bond donors (Lipinski definition) is 3. The highest BCUT2D eigenvalue weighted by Gasteiger charge is 2.32. The number of amides is 2. The molecule has 11 heteroatoms. The highest BCUT2D eigenvalue weighted by Crippen LogP contribution is 2.23. The summed E-state index contributed by atoms with van der Waals surface area (Å²) in [4.78, 5) is 34.4. The van der Waals surface area contributed by atoms with Gasteiger partial charge < -0.3 is 15.2 Å². The summed E-state index contributed by atoms with van der Waals surface area (Å²) in [6.07, 6.45) is 0.502. The number of aliphatic carboxylic acids is 1. The van der Waals surface area contributed by atoms with Gasteiger partial charge in [-0.15, -0.1) is 5.10 Å². The zero-order valence-electron chi connectivity index (χ0n) is 15.4. The summed E-state index contributed by atoms with van der Waals surface area (Å²) in [5, 5.41) is 21.2. The predicted molar refractivity (Wildman–Crippen MR) is 111 cm³/mol. The molecule has 0 radical (unpaired) electrons. The first-order valence-electron chi connectivity index (χ1n) is 8.13. The van der Waals surface area contributed by atoms with Crippen molar-refractivity contribution in [3.05, 3.63) is 28.2 Å². The minimum atomic E-state index is -1.07. The van der Waals surface area contributed by atoms with Crippen LogP contribution in [0, 0.1) is 0 Å². The Bertz CT molecular complexity index is 850. The topological polar surface area (TPSA) is 129 Å². The molecule has 9 nitrogen and oxygen atoms in total. The van der Waals surface area contributed by atoms with Crippen molar-refractivity contribution in [2.45, 2.75) is 38.0 Å². The molecule has 0 aliphatic carbocycles. The van der Waals surface area contributed by atoms with Crippen LogP contribution in [-0.4, -0.2) is 45.3 Å². The van der Waals surface area contributed by atoms with E-state index in [9.17, 15) is 14.4 Å². The molecule has 1 aliphatic heterocycles. The van der Waals surface area contributed by atoms with Crippen molar-refractivity contribution in [2.24, 2.45) is 10.2 Å². The Hall–Kier alpha value is -2.40. The molecule has 1 aromatic rings. The van der Waals surface area contributed by atoms with Crippen molar-refractivity contribution >= 4 is 62.7 Å². The number of thioether (sulfide) groups is 1. The molecule has 28 heavy (non-hydrogen) atoms. The van der Waals surface area contributed by atoms with Gasteiger partial charge in [-0.3, -0.25) is 14.9 Å². The number of halogens is 1. The first-order chi connectivity index (χ1) is 13.0. The van der Waals surface area contributed by atoms with Gasteiger partial charge in [0.05, 0.1) is 18.3 Å². The average Bonchev–Trinajstić information content (AvgIpc) is 2.87. The van der Waals surface area contributed by atoms with E-state index in [4.69, 9.17) is 9.84 Å². The lowest BCUT2D eigenvalue weighted by molar-refractivity contribution is -0.138. The van der Waals surface area contributed by atoms with Crippen molar-refractivity contribution in [3.63, 3.8) is 0 Å². The van der Waals surface area contributed by atoms with Crippen LogP contribution in [0.1, 0.15) is 32.8 Å². The van der Waals surface area contributed by atoms with Crippen LogP contribution in [0.3, 0.4) is 0 Å². The van der Waals surface area contributed by atoms with Crippen molar-refractivity contribution < 1.29 is 24.2 Å². The Morgan fingerprint density at radius 3 is 2.79 bits per heavy atom. The molecule has 2 rings (SSSR count). The van der Waals surface area contributed by atoms with Gasteiger partial charge in [0.2, 0.25) is 5.91 Å². The predicted octanol–water partition coefficient (Wildman–Crippen LogP) is 3.19. The second kappa shape index (κ2) is 9.20. The normalized spacial score (nSPS) is 18.4. The Labute approximate surface area is 174 Å². The van der Waals surface area contributed by atoms with Crippen molar-refractivity contribution in [3.8, 4) is 0 Å². The van der Waals surface area contributed by atoms with E-state index < -0.39 is 28.8 Å². The van der Waals surface area contributed by atoms with E-state index in [-0.39, 0.29) is 11.6 Å². The molecule has 0 aromatic heterocycles. The largest absolute Gasteiger partial charge is 0.481 e. The number of nitrogens with one attached hydrogen (secondary N) is 2. The summed E-state index contributed by atoms with van der Waals surface area (Å²) < 4.78 is 6.00. The van der Waals surface area contributed by atoms with E-state index in [1.165, 1.54) is 6.21 Å². The molecule has 0 saturated carbocycles. The Kier molecular flexibility index (Phi) is 7.19. The zero-order valence-corrected chi connectivity index (χ0v) is 17.8. The van der Waals surface area contributed by atoms with Crippen LogP contribution in [0.4, 0.5) is 10.5 Å². The molecule has 1 aliphatic rings. The van der Waals surface area contributed by atoms with Gasteiger partial charge in [-0.1, -0.05) is 27.7 Å². The number of amidine groups is 1. The summed E-state index contributed by atoms with van der Waals surface area (Å²) in [6, 6.07) is 5.15. The molecule has 150 valence electrons. The lowest BCUT2D eigenvalue weighted by Crippen LogP contribution is -2.27. The monoisotopic (exact) mass is 470 g/mol. The maximum Gasteiger partial charge on any atom is 0.412 e. The molecular weight excluding hydrogens is 452 g/mol. The van der Waals surface area contributed by atoms with Gasteiger partial charge in [0, 0.05) is 10.0 Å². The van der Waals surface area contributed by atoms with Crippen LogP contribution in [0.2, 0.25) is 0 Å². The third-order valence-corrected chi connectivity index (χ3v) is 4.70. The molecule has 0 bridgehead atoms. The number of carboxylic acids is 1. The van der Waals surface area contributed by atoms with Gasteiger partial charge in [-0.05, 0) is 39.0 Å². The number of nitrogens with zero attached hydrogens (tertiary/aromatic N) is 2. The first-order valence-corrected chi connectivity index (χ1v) is 9.80. The second-order valence-corrected chi connectivity index (χ2v) is 8.81. The number of anilines is 1. The van der Waals surface area contributed by atoms with Gasteiger partial charge in [0.15, 0.2) is 5.17 Å². The minimum Gasteiger partial charge on any atom is -0.481 e. The zero-order chi connectivity index (χ0) is 20.9. The number of carboxylic acid groups (broad SMARTS) is 1. The average molecular weight is 471 g/mol. The summed E-state index contributed by atoms with van der Waals surface area (Å²) in [7, 11) is 0. The van der Waals surface area contributed by atoms with E-state index in [1.807, 2.05) is 0 Å². The van der Waals surface area contributed by atoms with Crippen LogP contribution in [0.15, 0.2) is 32.9 Å². The van der Waals surface area contributed by atoms with E-state index in [1.54, 1.807) is 39.0 Å². The quantitative estimate of drug-likeness (QED) is 0.447. The highest BCUT2D eigenvalue weighted by atomic mass is 79.9. The minimum absolute atomic E-state index is 0.212. The van der Waals surface area contributed by atoms with Crippen molar-refractivity contribution in [1.82, 2.24) is 5.32 Å². The fourth-order valence-electron chi connectivity index (χ4n) is 2.06. The van der Waals surface area contributed by atoms with Gasteiger partial charge in [-0.25, -0.2) is 4.79 Å². The Balaban J connectivity index is 2.11. The fraction of sp³-hybridized carbons (Fsp3) is 0.353. The number of ether oxygens (including phenoxy) is 1. The summed E-state index contributed by atoms with van der Waals surface area (Å²) in [5.41, 5.74) is 0.388. The third-order valence-electron chi connectivity index (χ3n) is 3.13. The van der Waals surface area contributed by atoms with E-state index in [2.05, 4.69) is 36.8 Å². The number of benzene rings is 1. The summed E-state index contributed by atoms with van der Waals surface area (Å²) in [6.45, 7) is 5.29. The standard InChI is InChI=1S/C17H19BrN4O5S/c1-17(2,3)27-16(26)20-11-5-4-10(18)6-9(11)8-19-22-15-21-14(25)12(28-15)7-13(23)24/h4-6,8,12H,7H2,1-3H3,(H,20,26)(H,23,24)(H,21,22,25). The lowest BCUT2D eigenvalue weighted by atomic mass is 10.2. The molecule has 0 spiro atoms. The fourth-order valence-corrected chi connectivity index (χ4v) is 3.35. The van der Waals surface area contributed by atoms with Crippen LogP contribution < -0.4 is 10.6 Å². The maximum atomic E-state index is 12.0. The number of carbonyl (C=O) groups excluding carboxylic acids is 2. The third kappa shape index (κ3) is 6.97. The second-order valence-electron chi connectivity index (χ2n) is 6.70. The Morgan fingerprint density at radius 1 is 1.43 bits per heavy atom. The molecule has 1 saturated heterocycles. The summed E-state index contributed by atoms with van der Waals surface area (Å²) in [5.74, 6) is -1.49. The molecule has 1 atom stereocenters. The van der Waals surface area contributed by atoms with Gasteiger partial charge in [-0.2, -0.15) is 5.10 Å². The van der Waals surface area contributed by atoms with Crippen LogP contribution in [-0.2, 0) is 14.3 Å². The highest BCUT2D eigenvalue weighted by molar-refractivity contribution is 9.10. The number of carbonyl (C=O) groups is 3. The first kappa shape index (κ1) is 21.9. The van der Waals surface area contributed by atoms with Crippen LogP contribution in [0.5, 0.6) is 0 Å². The molecule has 3 N–H and O–H groups in total. The molecule has 1 aromatic carbocycles. The lowest BCUT2D eigenvalue weighted by Gasteiger charge is -2.20. The maximum absolute atomic E-state index is 12.0. The van der Waals surface area contributed by atoms with Crippen LogP contribution in [0.25, 0.3) is 0 Å². The van der Waals surface area contributed by atoms with E-state index in [0.29, 0.717) is 11.3 Å². The molecule has 1 heterocycles. The van der Waals surface area contributed by atoms with Gasteiger partial charge >= 0.3 is 12.1 Å². The molecule has 2 amide bonds. The molecular formula is C17H19BrN4O5S. The molecule has 1 unspecified atom stereocenters. The van der Waals surface area contributed by atoms with Crippen LogP contribution >= 0.6 is 27.7 Å². The number of hydrogen-bond acceptors (Lipinski definition) is 7. The molecule has 1 fully saturated rings. The van der Waals surface area contributed by atoms with Crippen molar-refractivity contribution in [2.75, 3.05) is 5.32 Å². The van der Waals surface area contributed by atoms with Gasteiger partial charge in [0.1, 0.15) is 10.9 Å². The summed E-state index contributed by atoms with van der Waals surface area (Å²) >= 11 is 4.35.